The molecule has 0 atom stereocenters. The van der Waals surface area contributed by atoms with Crippen LogP contribution < -0.4 is 5.63 Å². The van der Waals surface area contributed by atoms with E-state index in [1.165, 1.54) is 0 Å². The van der Waals surface area contributed by atoms with Gasteiger partial charge in [0.15, 0.2) is 0 Å². The zero-order valence-electron chi connectivity index (χ0n) is 10.2. The summed E-state index contributed by atoms with van der Waals surface area (Å²) in [6.07, 6.45) is -0.223. The summed E-state index contributed by atoms with van der Waals surface area (Å²) in [6.45, 7) is 4.00. The zero-order valence-corrected chi connectivity index (χ0v) is 10.2. The van der Waals surface area contributed by atoms with Gasteiger partial charge in [0, 0.05) is 31.1 Å². The molecule has 1 aliphatic rings. The first kappa shape index (κ1) is 11.4. The third-order valence-electron chi connectivity index (χ3n) is 3.32. The Labute approximate surface area is 104 Å². The molecule has 94 valence electrons. The lowest BCUT2D eigenvalue weighted by molar-refractivity contribution is -0.00268. The van der Waals surface area contributed by atoms with Gasteiger partial charge in [0.05, 0.1) is 6.10 Å². The van der Waals surface area contributed by atoms with Gasteiger partial charge in [0.2, 0.25) is 0 Å². The maximum atomic E-state index is 11.5. The van der Waals surface area contributed by atoms with E-state index in [4.69, 9.17) is 4.42 Å². The number of hydrogen-bond acceptors (Lipinski definition) is 4. The summed E-state index contributed by atoms with van der Waals surface area (Å²) in [6, 6.07) is 7.42. The molecular weight excluding hydrogens is 230 g/mol. The highest BCUT2D eigenvalue weighted by Gasteiger charge is 2.24. The highest BCUT2D eigenvalue weighted by molar-refractivity contribution is 5.80. The second-order valence-electron chi connectivity index (χ2n) is 4.94. The van der Waals surface area contributed by atoms with Crippen LogP contribution in [0.15, 0.2) is 33.5 Å². The first-order valence-corrected chi connectivity index (χ1v) is 6.05. The third kappa shape index (κ3) is 2.05. The van der Waals surface area contributed by atoms with Gasteiger partial charge in [-0.3, -0.25) is 4.90 Å². The van der Waals surface area contributed by atoms with E-state index in [1.807, 2.05) is 25.1 Å². The van der Waals surface area contributed by atoms with Gasteiger partial charge in [-0.05, 0) is 24.1 Å². The first-order chi connectivity index (χ1) is 8.61. The summed E-state index contributed by atoms with van der Waals surface area (Å²) in [5, 5.41) is 10.3. The molecule has 1 aliphatic heterocycles. The molecule has 0 unspecified atom stereocenters. The molecule has 1 aromatic carbocycles. The van der Waals surface area contributed by atoms with Crippen molar-refractivity contribution in [1.29, 1.82) is 0 Å². The quantitative estimate of drug-likeness (QED) is 0.810. The lowest BCUT2D eigenvalue weighted by atomic mass is 10.1. The molecule has 2 aromatic rings. The monoisotopic (exact) mass is 245 g/mol. The molecule has 1 saturated heterocycles. The first-order valence-electron chi connectivity index (χ1n) is 6.05. The van der Waals surface area contributed by atoms with Crippen LogP contribution in [0.4, 0.5) is 0 Å². The Morgan fingerprint density at radius 1 is 1.39 bits per heavy atom. The van der Waals surface area contributed by atoms with Crippen LogP contribution in [0, 0.1) is 6.92 Å². The fourth-order valence-electron chi connectivity index (χ4n) is 2.38. The maximum Gasteiger partial charge on any atom is 0.336 e. The van der Waals surface area contributed by atoms with Crippen molar-refractivity contribution in [2.45, 2.75) is 19.6 Å². The number of fused-ring (bicyclic) bond motifs is 1. The van der Waals surface area contributed by atoms with Crippen LogP contribution in [-0.2, 0) is 6.54 Å². The number of aryl methyl sites for hydroxylation is 1. The molecule has 1 fully saturated rings. The van der Waals surface area contributed by atoms with Gasteiger partial charge in [-0.25, -0.2) is 4.79 Å². The molecule has 2 heterocycles. The van der Waals surface area contributed by atoms with Crippen LogP contribution in [-0.4, -0.2) is 29.2 Å². The van der Waals surface area contributed by atoms with E-state index in [0.29, 0.717) is 25.2 Å². The van der Waals surface area contributed by atoms with Gasteiger partial charge in [0.1, 0.15) is 5.58 Å². The van der Waals surface area contributed by atoms with Gasteiger partial charge >= 0.3 is 5.63 Å². The van der Waals surface area contributed by atoms with Crippen molar-refractivity contribution >= 4 is 11.0 Å². The Hall–Kier alpha value is -1.65. The van der Waals surface area contributed by atoms with E-state index in [-0.39, 0.29) is 11.7 Å². The van der Waals surface area contributed by atoms with Gasteiger partial charge < -0.3 is 9.52 Å². The molecule has 4 heteroatoms. The Morgan fingerprint density at radius 3 is 2.89 bits per heavy atom. The smallest absolute Gasteiger partial charge is 0.336 e. The minimum absolute atomic E-state index is 0.223. The SMILES string of the molecule is Cc1ccc2c(CN3CC(O)C3)cc(=O)oc2c1. The van der Waals surface area contributed by atoms with Crippen LogP contribution in [0.1, 0.15) is 11.1 Å². The fraction of sp³-hybridized carbons (Fsp3) is 0.357. The third-order valence-corrected chi connectivity index (χ3v) is 3.32. The summed E-state index contributed by atoms with van der Waals surface area (Å²) in [4.78, 5) is 13.6. The van der Waals surface area contributed by atoms with Crippen molar-refractivity contribution in [2.24, 2.45) is 0 Å². The van der Waals surface area contributed by atoms with Crippen molar-refractivity contribution in [2.75, 3.05) is 13.1 Å². The number of nitrogens with zero attached hydrogens (tertiary/aromatic N) is 1. The Kier molecular flexibility index (Phi) is 2.69. The Morgan fingerprint density at radius 2 is 2.17 bits per heavy atom. The summed E-state index contributed by atoms with van der Waals surface area (Å²) in [7, 11) is 0. The van der Waals surface area contributed by atoms with E-state index >= 15 is 0 Å². The second-order valence-corrected chi connectivity index (χ2v) is 4.94. The van der Waals surface area contributed by atoms with Crippen molar-refractivity contribution in [3.8, 4) is 0 Å². The van der Waals surface area contributed by atoms with Crippen LogP contribution >= 0.6 is 0 Å². The van der Waals surface area contributed by atoms with Gasteiger partial charge in [-0.2, -0.15) is 0 Å². The van der Waals surface area contributed by atoms with E-state index in [1.54, 1.807) is 6.07 Å². The van der Waals surface area contributed by atoms with Crippen LogP contribution in [0.25, 0.3) is 11.0 Å². The summed E-state index contributed by atoms with van der Waals surface area (Å²) >= 11 is 0. The Bertz CT molecular complexity index is 641. The maximum absolute atomic E-state index is 11.5. The normalized spacial score (nSPS) is 17.0. The minimum atomic E-state index is -0.316. The lowest BCUT2D eigenvalue weighted by Crippen LogP contribution is -2.49. The summed E-state index contributed by atoms with van der Waals surface area (Å²) in [5.41, 5.74) is 2.36. The highest BCUT2D eigenvalue weighted by Crippen LogP contribution is 2.21. The zero-order chi connectivity index (χ0) is 12.7. The largest absolute Gasteiger partial charge is 0.423 e. The standard InChI is InChI=1S/C14H15NO3/c1-9-2-3-12-10(6-15-7-11(16)8-15)5-14(17)18-13(12)4-9/h2-5,11,16H,6-8H2,1H3. The van der Waals surface area contributed by atoms with Gasteiger partial charge in [-0.1, -0.05) is 12.1 Å². The number of likely N-dealkylation sites (tertiary alicyclic amines) is 1. The molecule has 0 aliphatic carbocycles. The number of hydrogen-bond donors (Lipinski definition) is 1. The molecular formula is C14H15NO3. The number of aliphatic hydroxyl groups is 1. The van der Waals surface area contributed by atoms with Crippen molar-refractivity contribution in [3.63, 3.8) is 0 Å². The van der Waals surface area contributed by atoms with Crippen LogP contribution in [0.3, 0.4) is 0 Å². The predicted molar refractivity (Wildman–Crippen MR) is 68.5 cm³/mol. The molecule has 4 nitrogen and oxygen atoms in total. The second kappa shape index (κ2) is 4.23. The number of β-amino-alcohol motifs (C(OH)–C–C–N with tert-alkyl or cyclic N) is 1. The summed E-state index contributed by atoms with van der Waals surface area (Å²) < 4.78 is 5.21. The van der Waals surface area contributed by atoms with Gasteiger partial charge in [-0.15, -0.1) is 0 Å². The van der Waals surface area contributed by atoms with E-state index < -0.39 is 0 Å². The molecule has 0 radical (unpaired) electrons. The molecule has 0 amide bonds. The lowest BCUT2D eigenvalue weighted by Gasteiger charge is -2.35. The molecule has 18 heavy (non-hydrogen) atoms. The van der Waals surface area contributed by atoms with E-state index in [0.717, 1.165) is 16.5 Å². The van der Waals surface area contributed by atoms with E-state index in [9.17, 15) is 9.90 Å². The predicted octanol–water partition coefficient (Wildman–Crippen LogP) is 1.28. The Balaban J connectivity index is 2.02. The topological polar surface area (TPSA) is 53.7 Å². The number of rotatable bonds is 2. The molecule has 3 rings (SSSR count). The number of aliphatic hydroxyl groups excluding tert-OH is 1. The van der Waals surface area contributed by atoms with Gasteiger partial charge in [0.25, 0.3) is 0 Å². The average molecular weight is 245 g/mol. The van der Waals surface area contributed by atoms with Crippen LogP contribution in [0.2, 0.25) is 0 Å². The van der Waals surface area contributed by atoms with Crippen molar-refractivity contribution < 1.29 is 9.52 Å². The highest BCUT2D eigenvalue weighted by atomic mass is 16.4. The molecule has 0 spiro atoms. The number of benzene rings is 1. The van der Waals surface area contributed by atoms with Crippen molar-refractivity contribution in [3.05, 3.63) is 45.8 Å². The fourth-order valence-corrected chi connectivity index (χ4v) is 2.38. The molecule has 1 aromatic heterocycles. The molecule has 0 bridgehead atoms. The molecule has 0 saturated carbocycles. The van der Waals surface area contributed by atoms with Crippen LogP contribution in [0.5, 0.6) is 0 Å². The van der Waals surface area contributed by atoms with Crippen molar-refractivity contribution in [1.82, 2.24) is 4.90 Å². The average Bonchev–Trinajstić information content (AvgIpc) is 2.25. The van der Waals surface area contributed by atoms with E-state index in [2.05, 4.69) is 4.90 Å². The minimum Gasteiger partial charge on any atom is -0.423 e. The molecule has 1 N–H and O–H groups in total. The summed E-state index contributed by atoms with van der Waals surface area (Å²) in [5.74, 6) is 0.